The molecule has 1 atom stereocenters. The number of hydrogen-bond acceptors (Lipinski definition) is 1. The van der Waals surface area contributed by atoms with Gasteiger partial charge < -0.3 is 4.42 Å². The fourth-order valence-corrected chi connectivity index (χ4v) is 2.08. The van der Waals surface area contributed by atoms with Crippen LogP contribution in [0.15, 0.2) is 58.3 Å². The summed E-state index contributed by atoms with van der Waals surface area (Å²) in [6, 6.07) is 4.01. The average Bonchev–Trinajstić information content (AvgIpc) is 2.79. The molecule has 0 fully saturated rings. The van der Waals surface area contributed by atoms with Crippen LogP contribution in [-0.2, 0) is 0 Å². The van der Waals surface area contributed by atoms with Crippen molar-refractivity contribution in [2.75, 3.05) is 0 Å². The number of allylic oxidation sites excluding steroid dienone is 6. The minimum atomic E-state index is 0.458. The quantitative estimate of drug-likeness (QED) is 0.630. The summed E-state index contributed by atoms with van der Waals surface area (Å²) in [5.74, 6) is 1.54. The van der Waals surface area contributed by atoms with E-state index in [4.69, 9.17) is 4.42 Å². The summed E-state index contributed by atoms with van der Waals surface area (Å²) in [6.07, 6.45) is 11.6. The van der Waals surface area contributed by atoms with Crippen molar-refractivity contribution in [3.63, 3.8) is 0 Å². The Labute approximate surface area is 77.1 Å². The number of rotatable bonds is 1. The van der Waals surface area contributed by atoms with Crippen molar-refractivity contribution in [1.29, 1.82) is 0 Å². The summed E-state index contributed by atoms with van der Waals surface area (Å²) < 4.78 is 5.42. The van der Waals surface area contributed by atoms with Crippen LogP contribution in [0.3, 0.4) is 0 Å². The lowest BCUT2D eigenvalue weighted by Gasteiger charge is -2.07. The van der Waals surface area contributed by atoms with E-state index in [1.165, 1.54) is 11.1 Å². The number of fused-ring (bicyclic) bond motifs is 1. The maximum atomic E-state index is 5.42. The third kappa shape index (κ3) is 0.934. The maximum Gasteiger partial charge on any atom is 0.111 e. The predicted octanol–water partition coefficient (Wildman–Crippen LogP) is 3.19. The molecule has 0 aromatic carbocycles. The Morgan fingerprint density at radius 1 is 1.38 bits per heavy atom. The predicted molar refractivity (Wildman–Crippen MR) is 51.4 cm³/mol. The first kappa shape index (κ1) is 6.96. The van der Waals surface area contributed by atoms with Crippen molar-refractivity contribution in [1.82, 2.24) is 0 Å². The van der Waals surface area contributed by atoms with Gasteiger partial charge in [0.15, 0.2) is 0 Å². The topological polar surface area (TPSA) is 13.1 Å². The van der Waals surface area contributed by atoms with Crippen LogP contribution in [0.5, 0.6) is 0 Å². The van der Waals surface area contributed by atoms with Crippen LogP contribution in [-0.4, -0.2) is 0 Å². The number of hydrogen-bond donors (Lipinski definition) is 0. The Morgan fingerprint density at radius 3 is 3.23 bits per heavy atom. The molecule has 64 valence electrons. The van der Waals surface area contributed by atoms with E-state index in [1.807, 2.05) is 6.07 Å². The van der Waals surface area contributed by atoms with Gasteiger partial charge in [0.2, 0.25) is 0 Å². The van der Waals surface area contributed by atoms with Crippen molar-refractivity contribution >= 4 is 0 Å². The molecule has 0 aliphatic heterocycles. The second kappa shape index (κ2) is 2.49. The molecule has 13 heavy (non-hydrogen) atoms. The standard InChI is InChI=1S/C12H10O/c1-3-9-6-7-11(10(9)4-1)12-5-2-8-13-12/h1-6,8,11H,7H2/t11-/m1/s1. The van der Waals surface area contributed by atoms with E-state index < -0.39 is 0 Å². The first-order chi connectivity index (χ1) is 6.45. The van der Waals surface area contributed by atoms with Gasteiger partial charge in [0.25, 0.3) is 0 Å². The van der Waals surface area contributed by atoms with E-state index in [9.17, 15) is 0 Å². The van der Waals surface area contributed by atoms with Gasteiger partial charge >= 0.3 is 0 Å². The minimum absolute atomic E-state index is 0.458. The van der Waals surface area contributed by atoms with Crippen LogP contribution in [0.4, 0.5) is 0 Å². The van der Waals surface area contributed by atoms with Gasteiger partial charge in [-0.3, -0.25) is 0 Å². The number of furan rings is 1. The van der Waals surface area contributed by atoms with Gasteiger partial charge in [-0.25, -0.2) is 0 Å². The van der Waals surface area contributed by atoms with E-state index in [1.54, 1.807) is 6.26 Å². The highest BCUT2D eigenvalue weighted by atomic mass is 16.3. The van der Waals surface area contributed by atoms with Crippen molar-refractivity contribution in [2.45, 2.75) is 12.3 Å². The van der Waals surface area contributed by atoms with Gasteiger partial charge in [-0.2, -0.15) is 0 Å². The summed E-state index contributed by atoms with van der Waals surface area (Å²) in [5, 5.41) is 0. The van der Waals surface area contributed by atoms with E-state index in [0.29, 0.717) is 5.92 Å². The smallest absolute Gasteiger partial charge is 0.111 e. The van der Waals surface area contributed by atoms with Crippen molar-refractivity contribution in [3.8, 4) is 0 Å². The fraction of sp³-hybridized carbons (Fsp3) is 0.167. The molecule has 0 unspecified atom stereocenters. The largest absolute Gasteiger partial charge is 0.469 e. The first-order valence-electron chi connectivity index (χ1n) is 4.57. The molecule has 2 aliphatic carbocycles. The molecule has 1 nitrogen and oxygen atoms in total. The molecule has 0 radical (unpaired) electrons. The highest BCUT2D eigenvalue weighted by Crippen LogP contribution is 2.41. The molecule has 0 bridgehead atoms. The van der Waals surface area contributed by atoms with Crippen molar-refractivity contribution in [2.24, 2.45) is 0 Å². The Balaban J connectivity index is 1.99. The van der Waals surface area contributed by atoms with Crippen molar-refractivity contribution in [3.05, 3.63) is 59.6 Å². The second-order valence-electron chi connectivity index (χ2n) is 3.44. The van der Waals surface area contributed by atoms with E-state index in [0.717, 1.165) is 12.2 Å². The zero-order valence-electron chi connectivity index (χ0n) is 7.23. The summed E-state index contributed by atoms with van der Waals surface area (Å²) in [7, 11) is 0. The summed E-state index contributed by atoms with van der Waals surface area (Å²) >= 11 is 0. The lowest BCUT2D eigenvalue weighted by Crippen LogP contribution is -1.93. The van der Waals surface area contributed by atoms with Crippen LogP contribution in [0, 0.1) is 0 Å². The Hall–Kier alpha value is -1.50. The van der Waals surface area contributed by atoms with Gasteiger partial charge in [0.05, 0.1) is 6.26 Å². The van der Waals surface area contributed by atoms with E-state index in [2.05, 4.69) is 30.4 Å². The van der Waals surface area contributed by atoms with E-state index >= 15 is 0 Å². The van der Waals surface area contributed by atoms with Crippen LogP contribution >= 0.6 is 0 Å². The average molecular weight is 170 g/mol. The molecule has 1 heterocycles. The third-order valence-corrected chi connectivity index (χ3v) is 2.72. The van der Waals surface area contributed by atoms with Crippen LogP contribution in [0.2, 0.25) is 0 Å². The lowest BCUT2D eigenvalue weighted by molar-refractivity contribution is 0.489. The fourth-order valence-electron chi connectivity index (χ4n) is 2.08. The SMILES string of the molecule is C1=CC2=CC[C@@H](c3ccco3)C2=C1. The van der Waals surface area contributed by atoms with E-state index in [-0.39, 0.29) is 0 Å². The molecule has 1 aromatic heterocycles. The highest BCUT2D eigenvalue weighted by Gasteiger charge is 2.26. The van der Waals surface area contributed by atoms with Gasteiger partial charge in [-0.1, -0.05) is 24.3 Å². The Morgan fingerprint density at radius 2 is 2.38 bits per heavy atom. The second-order valence-corrected chi connectivity index (χ2v) is 3.44. The summed E-state index contributed by atoms with van der Waals surface area (Å²) in [4.78, 5) is 0. The first-order valence-corrected chi connectivity index (χ1v) is 4.57. The van der Waals surface area contributed by atoms with Crippen LogP contribution in [0.25, 0.3) is 0 Å². The summed E-state index contributed by atoms with van der Waals surface area (Å²) in [5.41, 5.74) is 2.79. The molecule has 0 saturated heterocycles. The third-order valence-electron chi connectivity index (χ3n) is 2.72. The van der Waals surface area contributed by atoms with Crippen LogP contribution in [0.1, 0.15) is 18.1 Å². The molecule has 2 aliphatic rings. The molecular weight excluding hydrogens is 160 g/mol. The minimum Gasteiger partial charge on any atom is -0.469 e. The Kier molecular flexibility index (Phi) is 1.33. The van der Waals surface area contributed by atoms with Gasteiger partial charge in [-0.05, 0) is 29.7 Å². The molecule has 0 N–H and O–H groups in total. The summed E-state index contributed by atoms with van der Waals surface area (Å²) in [6.45, 7) is 0. The molecule has 0 spiro atoms. The Bertz CT molecular complexity index is 404. The van der Waals surface area contributed by atoms with Crippen LogP contribution < -0.4 is 0 Å². The molecule has 1 heteroatoms. The maximum absolute atomic E-state index is 5.42. The highest BCUT2D eigenvalue weighted by molar-refractivity contribution is 5.56. The molecule has 0 saturated carbocycles. The molecule has 1 aromatic rings. The zero-order valence-corrected chi connectivity index (χ0v) is 7.23. The van der Waals surface area contributed by atoms with Crippen molar-refractivity contribution < 1.29 is 4.42 Å². The monoisotopic (exact) mass is 170 g/mol. The lowest BCUT2D eigenvalue weighted by atomic mass is 9.98. The molecule has 0 amide bonds. The zero-order chi connectivity index (χ0) is 8.67. The molecular formula is C12H10O. The van der Waals surface area contributed by atoms with Gasteiger partial charge in [0, 0.05) is 5.92 Å². The van der Waals surface area contributed by atoms with Gasteiger partial charge in [-0.15, -0.1) is 0 Å². The normalized spacial score (nSPS) is 24.5. The van der Waals surface area contributed by atoms with Gasteiger partial charge in [0.1, 0.15) is 5.76 Å². The molecule has 3 rings (SSSR count).